The van der Waals surface area contributed by atoms with Gasteiger partial charge in [0.1, 0.15) is 0 Å². The van der Waals surface area contributed by atoms with E-state index in [1.807, 2.05) is 65.4 Å². The summed E-state index contributed by atoms with van der Waals surface area (Å²) < 4.78 is 22.5. The van der Waals surface area contributed by atoms with Crippen molar-refractivity contribution in [2.45, 2.75) is 26.7 Å². The number of para-hydroxylation sites is 1. The smallest absolute Gasteiger partial charge is 0.252 e. The number of benzene rings is 2. The van der Waals surface area contributed by atoms with Crippen molar-refractivity contribution >= 4 is 24.0 Å². The van der Waals surface area contributed by atoms with Crippen LogP contribution < -0.4 is 10.1 Å². The number of fused-ring (bicyclic) bond motifs is 1. The van der Waals surface area contributed by atoms with Gasteiger partial charge in [-0.1, -0.05) is 50.2 Å². The van der Waals surface area contributed by atoms with Crippen LogP contribution >= 0.6 is 7.29 Å². The van der Waals surface area contributed by atoms with Crippen LogP contribution in [0.15, 0.2) is 76.8 Å². The molecule has 5 rings (SSSR count). The second-order valence-electron chi connectivity index (χ2n) is 9.00. The molecule has 0 radical (unpaired) electrons. The maximum Gasteiger partial charge on any atom is 0.252 e. The monoisotopic (exact) mass is 421 g/mol. The van der Waals surface area contributed by atoms with Crippen molar-refractivity contribution in [3.05, 3.63) is 71.7 Å². The van der Waals surface area contributed by atoms with E-state index >= 15 is 4.57 Å². The highest BCUT2D eigenvalue weighted by molar-refractivity contribution is 7.78. The van der Waals surface area contributed by atoms with E-state index in [4.69, 9.17) is 9.84 Å². The number of allylic oxidation sites excluding steroid dienone is 2. The highest BCUT2D eigenvalue weighted by Gasteiger charge is 2.51. The van der Waals surface area contributed by atoms with Gasteiger partial charge in [0.05, 0.1) is 29.9 Å². The Kier molecular flexibility index (Phi) is 4.83. The van der Waals surface area contributed by atoms with E-state index in [0.717, 1.165) is 47.9 Å². The van der Waals surface area contributed by atoms with Crippen LogP contribution in [-0.4, -0.2) is 36.9 Å². The summed E-state index contributed by atoms with van der Waals surface area (Å²) in [6.07, 6.45) is 1.73. The molecule has 0 bridgehead atoms. The largest absolute Gasteiger partial charge is 0.378 e. The summed E-state index contributed by atoms with van der Waals surface area (Å²) in [7, 11) is -3.14. The molecule has 0 N–H and O–H groups in total. The number of ether oxygens (including phenoxy) is 1. The number of hydrazone groups is 1. The molecule has 1 aliphatic carbocycles. The Bertz CT molecular complexity index is 1040. The van der Waals surface area contributed by atoms with Gasteiger partial charge in [-0.15, -0.1) is 0 Å². The lowest BCUT2D eigenvalue weighted by Gasteiger charge is -2.40. The van der Waals surface area contributed by atoms with Crippen LogP contribution in [0.5, 0.6) is 0 Å². The SMILES string of the molecule is CC1(C)CC2=NN(c3ccccc3)[P@@](=O)(c3ccccc3)C2=C(N2CCOCC2)C1. The zero-order valence-electron chi connectivity index (χ0n) is 17.6. The fraction of sp³-hybridized carbons (Fsp3) is 0.375. The number of nitrogens with zero attached hydrogens (tertiary/aromatic N) is 3. The second kappa shape index (κ2) is 7.40. The lowest BCUT2D eigenvalue weighted by atomic mass is 9.78. The third-order valence-electron chi connectivity index (χ3n) is 6.11. The zero-order chi connectivity index (χ0) is 20.8. The van der Waals surface area contributed by atoms with Gasteiger partial charge in [0.15, 0.2) is 0 Å². The lowest BCUT2D eigenvalue weighted by molar-refractivity contribution is 0.0489. The quantitative estimate of drug-likeness (QED) is 0.666. The molecule has 0 saturated carbocycles. The van der Waals surface area contributed by atoms with E-state index in [1.165, 1.54) is 5.70 Å². The Labute approximate surface area is 178 Å². The summed E-state index contributed by atoms with van der Waals surface area (Å²) >= 11 is 0. The number of rotatable bonds is 3. The number of morpholine rings is 1. The summed E-state index contributed by atoms with van der Waals surface area (Å²) in [5.41, 5.74) is 3.12. The second-order valence-corrected chi connectivity index (χ2v) is 11.5. The van der Waals surface area contributed by atoms with Crippen LogP contribution in [0.25, 0.3) is 0 Å². The molecule has 0 spiro atoms. The molecule has 0 unspecified atom stereocenters. The van der Waals surface area contributed by atoms with Gasteiger partial charge in [-0.3, -0.25) is 4.57 Å². The highest BCUT2D eigenvalue weighted by atomic mass is 31.2. The third-order valence-corrected chi connectivity index (χ3v) is 9.08. The Hall–Kier alpha value is -2.36. The summed E-state index contributed by atoms with van der Waals surface area (Å²) in [5, 5.41) is 6.82. The Balaban J connectivity index is 1.75. The molecule has 5 nitrogen and oxygen atoms in total. The average Bonchev–Trinajstić information content (AvgIpc) is 3.07. The number of hydrogen-bond acceptors (Lipinski definition) is 4. The molecular formula is C24H28N3O2P. The molecule has 2 aliphatic heterocycles. The van der Waals surface area contributed by atoms with E-state index in [2.05, 4.69) is 18.7 Å². The predicted molar refractivity (Wildman–Crippen MR) is 122 cm³/mol. The molecule has 1 saturated heterocycles. The predicted octanol–water partition coefficient (Wildman–Crippen LogP) is 4.83. The Morgan fingerprint density at radius 3 is 2.23 bits per heavy atom. The van der Waals surface area contributed by atoms with Crippen LogP contribution in [0, 0.1) is 5.41 Å². The van der Waals surface area contributed by atoms with Gasteiger partial charge >= 0.3 is 0 Å². The molecule has 3 aliphatic rings. The molecule has 30 heavy (non-hydrogen) atoms. The number of hydrogen-bond donors (Lipinski definition) is 0. The summed E-state index contributed by atoms with van der Waals surface area (Å²) in [6.45, 7) is 7.66. The molecular weight excluding hydrogens is 393 g/mol. The molecule has 2 aromatic carbocycles. The van der Waals surface area contributed by atoms with E-state index in [9.17, 15) is 0 Å². The first-order valence-electron chi connectivity index (χ1n) is 10.6. The normalized spacial score (nSPS) is 25.9. The van der Waals surface area contributed by atoms with Gasteiger partial charge in [-0.05, 0) is 42.5 Å². The van der Waals surface area contributed by atoms with Crippen molar-refractivity contribution in [1.82, 2.24) is 4.90 Å². The van der Waals surface area contributed by atoms with E-state index in [-0.39, 0.29) is 5.41 Å². The fourth-order valence-electron chi connectivity index (χ4n) is 4.75. The maximum atomic E-state index is 15.1. The van der Waals surface area contributed by atoms with Gasteiger partial charge in [0.25, 0.3) is 7.29 Å². The van der Waals surface area contributed by atoms with Gasteiger partial charge in [-0.2, -0.15) is 5.10 Å². The van der Waals surface area contributed by atoms with Gasteiger partial charge in [0, 0.05) is 24.1 Å². The van der Waals surface area contributed by atoms with Crippen molar-refractivity contribution < 1.29 is 9.30 Å². The van der Waals surface area contributed by atoms with Gasteiger partial charge < -0.3 is 9.64 Å². The molecule has 0 amide bonds. The molecule has 6 heteroatoms. The van der Waals surface area contributed by atoms with E-state index in [0.29, 0.717) is 13.2 Å². The minimum atomic E-state index is -3.14. The summed E-state index contributed by atoms with van der Waals surface area (Å²) in [4.78, 5) is 2.39. The Morgan fingerprint density at radius 1 is 0.933 bits per heavy atom. The maximum absolute atomic E-state index is 15.1. The van der Waals surface area contributed by atoms with Crippen LogP contribution in [0.2, 0.25) is 0 Å². The first-order chi connectivity index (χ1) is 14.5. The van der Waals surface area contributed by atoms with Gasteiger partial charge in [0.2, 0.25) is 0 Å². The van der Waals surface area contributed by atoms with Crippen LogP contribution in [0.1, 0.15) is 26.7 Å². The molecule has 1 fully saturated rings. The van der Waals surface area contributed by atoms with Gasteiger partial charge in [-0.25, -0.2) is 4.78 Å². The minimum absolute atomic E-state index is 0.0736. The third kappa shape index (κ3) is 3.21. The van der Waals surface area contributed by atoms with Crippen molar-refractivity contribution in [3.63, 3.8) is 0 Å². The minimum Gasteiger partial charge on any atom is -0.378 e. The average molecular weight is 421 g/mol. The van der Waals surface area contributed by atoms with E-state index < -0.39 is 7.29 Å². The first-order valence-corrected chi connectivity index (χ1v) is 12.3. The van der Waals surface area contributed by atoms with Crippen LogP contribution in [0.3, 0.4) is 0 Å². The lowest BCUT2D eigenvalue weighted by Crippen LogP contribution is -2.40. The molecule has 1 atom stereocenters. The van der Waals surface area contributed by atoms with Crippen LogP contribution in [-0.2, 0) is 9.30 Å². The fourth-order valence-corrected chi connectivity index (χ4v) is 7.73. The summed E-state index contributed by atoms with van der Waals surface area (Å²) in [5.74, 6) is 0. The van der Waals surface area contributed by atoms with Crippen molar-refractivity contribution in [3.8, 4) is 0 Å². The van der Waals surface area contributed by atoms with Crippen molar-refractivity contribution in [2.24, 2.45) is 10.5 Å². The molecule has 0 aromatic heterocycles. The Morgan fingerprint density at radius 2 is 1.57 bits per heavy atom. The van der Waals surface area contributed by atoms with Crippen molar-refractivity contribution in [2.75, 3.05) is 31.1 Å². The standard InChI is InChI=1S/C24H28N3O2P/c1-24(2)17-21-23(22(18-24)26-13-15-29-16-14-26)30(28,20-11-7-4-8-12-20)27(25-21)19-9-5-3-6-10-19/h3-12H,13-18H2,1-2H3/t30-/m1/s1. The zero-order valence-corrected chi connectivity index (χ0v) is 18.5. The van der Waals surface area contributed by atoms with Crippen molar-refractivity contribution in [1.29, 1.82) is 0 Å². The molecule has 2 heterocycles. The van der Waals surface area contributed by atoms with E-state index in [1.54, 1.807) is 0 Å². The topological polar surface area (TPSA) is 45.1 Å². The van der Waals surface area contributed by atoms with Crippen LogP contribution in [0.4, 0.5) is 5.69 Å². The molecule has 2 aromatic rings. The number of anilines is 1. The first kappa shape index (κ1) is 19.6. The highest BCUT2D eigenvalue weighted by Crippen LogP contribution is 2.66. The summed E-state index contributed by atoms with van der Waals surface area (Å²) in [6, 6.07) is 19.8. The molecule has 156 valence electrons.